The Labute approximate surface area is 62.3 Å². The van der Waals surface area contributed by atoms with Crippen molar-refractivity contribution < 1.29 is 4.79 Å². The summed E-state index contributed by atoms with van der Waals surface area (Å²) in [6, 6.07) is 1.01. The van der Waals surface area contributed by atoms with Crippen molar-refractivity contribution in [2.45, 2.75) is 26.7 Å². The van der Waals surface area contributed by atoms with Crippen LogP contribution in [-0.4, -0.2) is 5.91 Å². The summed E-state index contributed by atoms with van der Waals surface area (Å²) in [7, 11) is 0. The second-order valence-electron chi connectivity index (χ2n) is 2.22. The molecule has 0 saturated carbocycles. The molecular weight excluding hydrogens is 126 g/mol. The van der Waals surface area contributed by atoms with E-state index < -0.39 is 0 Å². The highest BCUT2D eigenvalue weighted by Crippen LogP contribution is 2.01. The van der Waals surface area contributed by atoms with E-state index in [9.17, 15) is 4.79 Å². The summed E-state index contributed by atoms with van der Waals surface area (Å²) in [5, 5.41) is 2.69. The van der Waals surface area contributed by atoms with Crippen LogP contribution in [0, 0.1) is 6.04 Å². The number of hydrogen-bond donors (Lipinski definition) is 1. The summed E-state index contributed by atoms with van der Waals surface area (Å²) < 4.78 is 0. The molecule has 0 aliphatic carbocycles. The summed E-state index contributed by atoms with van der Waals surface area (Å²) in [5.74, 6) is -0.119. The van der Waals surface area contributed by atoms with Crippen LogP contribution in [0.3, 0.4) is 0 Å². The summed E-state index contributed by atoms with van der Waals surface area (Å²) in [6.07, 6.45) is 3.28. The molecule has 0 aromatic rings. The van der Waals surface area contributed by atoms with E-state index in [-0.39, 0.29) is 5.91 Å². The first kappa shape index (κ1) is 9.21. The molecule has 0 bridgehead atoms. The minimum absolute atomic E-state index is 0.119. The molecule has 0 saturated heterocycles. The third-order valence-corrected chi connectivity index (χ3v) is 1.15. The molecule has 57 valence electrons. The zero-order chi connectivity index (χ0) is 7.98. The number of carbonyl (C=O) groups is 1. The van der Waals surface area contributed by atoms with Crippen LogP contribution in [0.1, 0.15) is 26.7 Å². The normalized spacial score (nSPS) is 9.50. The highest BCUT2D eigenvalue weighted by Gasteiger charge is 2.01. The average Bonchev–Trinajstić information content (AvgIpc) is 1.88. The molecule has 2 heteroatoms. The van der Waals surface area contributed by atoms with E-state index in [2.05, 4.69) is 18.8 Å². The van der Waals surface area contributed by atoms with Crippen LogP contribution in [0.4, 0.5) is 0 Å². The zero-order valence-corrected chi connectivity index (χ0v) is 6.61. The van der Waals surface area contributed by atoms with Crippen LogP contribution in [0.25, 0.3) is 0 Å². The molecule has 2 nitrogen and oxygen atoms in total. The molecule has 0 fully saturated rings. The molecule has 0 heterocycles. The van der Waals surface area contributed by atoms with Crippen LogP contribution in [0.15, 0.2) is 12.7 Å². The van der Waals surface area contributed by atoms with Crippen LogP contribution in [-0.2, 0) is 4.79 Å². The quantitative estimate of drug-likeness (QED) is 0.591. The molecule has 0 aliphatic rings. The monoisotopic (exact) mass is 140 g/mol. The fourth-order valence-corrected chi connectivity index (χ4v) is 0.699. The summed E-state index contributed by atoms with van der Waals surface area (Å²) >= 11 is 0. The van der Waals surface area contributed by atoms with Crippen molar-refractivity contribution in [3.05, 3.63) is 18.7 Å². The molecular formula is C8H14NO. The van der Waals surface area contributed by atoms with Crippen LogP contribution < -0.4 is 5.32 Å². The summed E-state index contributed by atoms with van der Waals surface area (Å²) in [4.78, 5) is 10.6. The van der Waals surface area contributed by atoms with Gasteiger partial charge in [0.25, 0.3) is 0 Å². The van der Waals surface area contributed by atoms with Crippen molar-refractivity contribution >= 4 is 5.91 Å². The Hall–Kier alpha value is -0.790. The Morgan fingerprint density at radius 2 is 2.30 bits per heavy atom. The zero-order valence-electron chi connectivity index (χ0n) is 6.61. The van der Waals surface area contributed by atoms with Gasteiger partial charge in [-0.05, 0) is 19.4 Å². The predicted molar refractivity (Wildman–Crippen MR) is 42.2 cm³/mol. The molecule has 1 radical (unpaired) electrons. The molecule has 0 unspecified atom stereocenters. The number of nitrogens with one attached hydrogen (secondary N) is 1. The van der Waals surface area contributed by atoms with Crippen LogP contribution in [0.2, 0.25) is 0 Å². The van der Waals surface area contributed by atoms with Crippen molar-refractivity contribution in [3.63, 3.8) is 0 Å². The second kappa shape index (κ2) is 5.03. The second-order valence-corrected chi connectivity index (χ2v) is 2.22. The predicted octanol–water partition coefficient (Wildman–Crippen LogP) is 1.64. The fraction of sp³-hybridized carbons (Fsp3) is 0.500. The maximum Gasteiger partial charge on any atom is 0.243 e. The van der Waals surface area contributed by atoms with E-state index in [0.29, 0.717) is 0 Å². The van der Waals surface area contributed by atoms with Gasteiger partial charge >= 0.3 is 0 Å². The molecule has 1 amide bonds. The van der Waals surface area contributed by atoms with E-state index in [1.165, 1.54) is 6.08 Å². The Kier molecular flexibility index (Phi) is 4.63. The molecule has 0 aromatic carbocycles. The minimum atomic E-state index is -0.119. The first-order valence-corrected chi connectivity index (χ1v) is 3.46. The molecule has 10 heavy (non-hydrogen) atoms. The van der Waals surface area contributed by atoms with Crippen molar-refractivity contribution in [2.24, 2.45) is 0 Å². The summed E-state index contributed by atoms with van der Waals surface area (Å²) in [5.41, 5.74) is 0. The average molecular weight is 140 g/mol. The van der Waals surface area contributed by atoms with Gasteiger partial charge in [0.2, 0.25) is 5.91 Å². The van der Waals surface area contributed by atoms with Gasteiger partial charge in [-0.15, -0.1) is 0 Å². The van der Waals surface area contributed by atoms with E-state index >= 15 is 0 Å². The Bertz CT molecular complexity index is 120. The van der Waals surface area contributed by atoms with Crippen LogP contribution in [0.5, 0.6) is 0 Å². The smallest absolute Gasteiger partial charge is 0.243 e. The highest BCUT2D eigenvalue weighted by atomic mass is 16.1. The number of hydrogen-bond acceptors (Lipinski definition) is 1. The molecule has 0 rings (SSSR count). The van der Waals surface area contributed by atoms with Crippen molar-refractivity contribution in [1.29, 1.82) is 0 Å². The maximum atomic E-state index is 10.6. The Morgan fingerprint density at radius 3 is 2.70 bits per heavy atom. The molecule has 0 aliphatic heterocycles. The van der Waals surface area contributed by atoms with E-state index in [0.717, 1.165) is 18.9 Å². The van der Waals surface area contributed by atoms with Gasteiger partial charge in [-0.2, -0.15) is 0 Å². The third-order valence-electron chi connectivity index (χ3n) is 1.15. The lowest BCUT2D eigenvalue weighted by molar-refractivity contribution is -0.116. The van der Waals surface area contributed by atoms with Crippen molar-refractivity contribution in [3.8, 4) is 0 Å². The van der Waals surface area contributed by atoms with Gasteiger partial charge in [-0.3, -0.25) is 4.79 Å². The Morgan fingerprint density at radius 1 is 1.70 bits per heavy atom. The van der Waals surface area contributed by atoms with Gasteiger partial charge in [0.05, 0.1) is 6.04 Å². The van der Waals surface area contributed by atoms with Crippen molar-refractivity contribution in [1.82, 2.24) is 5.32 Å². The topological polar surface area (TPSA) is 29.1 Å². The fourth-order valence-electron chi connectivity index (χ4n) is 0.699. The van der Waals surface area contributed by atoms with E-state index in [1.807, 2.05) is 6.92 Å². The lowest BCUT2D eigenvalue weighted by atomic mass is 10.2. The highest BCUT2D eigenvalue weighted by molar-refractivity contribution is 5.87. The van der Waals surface area contributed by atoms with E-state index in [4.69, 9.17) is 0 Å². The van der Waals surface area contributed by atoms with Crippen LogP contribution >= 0.6 is 0 Å². The van der Waals surface area contributed by atoms with Gasteiger partial charge < -0.3 is 5.32 Å². The molecule has 0 spiro atoms. The molecule has 0 aromatic heterocycles. The van der Waals surface area contributed by atoms with Crippen molar-refractivity contribution in [2.75, 3.05) is 0 Å². The standard InChI is InChI=1S/C8H14NO/c1-4-6-7(3)9-8(10)5-2/h5H,2,4,6H2,1,3H3,(H,9,10). The van der Waals surface area contributed by atoms with Gasteiger partial charge in [-0.1, -0.05) is 19.9 Å². The first-order valence-electron chi connectivity index (χ1n) is 3.46. The SMILES string of the molecule is C=CC(=O)N[C](C)CCC. The number of carbonyl (C=O) groups excluding carboxylic acids is 1. The Balaban J connectivity index is 3.46. The first-order chi connectivity index (χ1) is 4.70. The number of amides is 1. The van der Waals surface area contributed by atoms with E-state index in [1.54, 1.807) is 0 Å². The van der Waals surface area contributed by atoms with Gasteiger partial charge in [0.1, 0.15) is 0 Å². The van der Waals surface area contributed by atoms with Gasteiger partial charge in [0, 0.05) is 0 Å². The summed E-state index contributed by atoms with van der Waals surface area (Å²) in [6.45, 7) is 7.33. The maximum absolute atomic E-state index is 10.6. The molecule has 1 N–H and O–H groups in total. The lowest BCUT2D eigenvalue weighted by Gasteiger charge is -2.08. The number of rotatable bonds is 4. The third kappa shape index (κ3) is 4.13. The van der Waals surface area contributed by atoms with Gasteiger partial charge in [-0.25, -0.2) is 0 Å². The largest absolute Gasteiger partial charge is 0.345 e. The lowest BCUT2D eigenvalue weighted by Crippen LogP contribution is -2.24. The molecule has 0 atom stereocenters. The van der Waals surface area contributed by atoms with Gasteiger partial charge in [0.15, 0.2) is 0 Å². The minimum Gasteiger partial charge on any atom is -0.345 e.